The third-order valence-corrected chi connectivity index (χ3v) is 4.11. The number of methoxy groups -OCH3 is 1. The maximum absolute atomic E-state index is 12.2. The molecule has 2 aromatic rings. The molecule has 5 heteroatoms. The van der Waals surface area contributed by atoms with E-state index in [1.807, 2.05) is 54.6 Å². The summed E-state index contributed by atoms with van der Waals surface area (Å²) in [5.41, 5.74) is 1.84. The molecule has 5 nitrogen and oxygen atoms in total. The van der Waals surface area contributed by atoms with E-state index in [-0.39, 0.29) is 18.2 Å². The van der Waals surface area contributed by atoms with E-state index < -0.39 is 5.97 Å². The Hall–Kier alpha value is -3.08. The Morgan fingerprint density at radius 3 is 2.52 bits per heavy atom. The summed E-state index contributed by atoms with van der Waals surface area (Å²) in [6.45, 7) is 1.71. The number of rotatable bonds is 4. The highest BCUT2D eigenvalue weighted by Gasteiger charge is 2.32. The zero-order valence-electron chi connectivity index (χ0n) is 14.1. The molecule has 0 aromatic heterocycles. The van der Waals surface area contributed by atoms with Crippen molar-refractivity contribution in [2.75, 3.05) is 7.11 Å². The Kier molecular flexibility index (Phi) is 4.84. The second kappa shape index (κ2) is 7.21. The van der Waals surface area contributed by atoms with E-state index in [1.54, 1.807) is 6.92 Å². The van der Waals surface area contributed by atoms with Crippen LogP contribution in [-0.4, -0.2) is 19.0 Å². The van der Waals surface area contributed by atoms with Crippen molar-refractivity contribution in [1.29, 1.82) is 0 Å². The largest absolute Gasteiger partial charge is 0.466 e. The molecule has 3 rings (SSSR count). The van der Waals surface area contributed by atoms with Gasteiger partial charge in [0.25, 0.3) is 0 Å². The number of carbonyl (C=O) groups excluding carboxylic acids is 2. The van der Waals surface area contributed by atoms with Crippen LogP contribution in [0.15, 0.2) is 65.9 Å². The van der Waals surface area contributed by atoms with Crippen LogP contribution < -0.4 is 10.1 Å². The molecule has 25 heavy (non-hydrogen) atoms. The van der Waals surface area contributed by atoms with Crippen molar-refractivity contribution in [3.63, 3.8) is 0 Å². The molecule has 0 radical (unpaired) electrons. The molecule has 0 bridgehead atoms. The lowest BCUT2D eigenvalue weighted by Crippen LogP contribution is -2.34. The Morgan fingerprint density at radius 1 is 1.08 bits per heavy atom. The lowest BCUT2D eigenvalue weighted by Gasteiger charge is -2.26. The average molecular weight is 337 g/mol. The highest BCUT2D eigenvalue weighted by atomic mass is 16.5. The summed E-state index contributed by atoms with van der Waals surface area (Å²) < 4.78 is 10.7. The van der Waals surface area contributed by atoms with Crippen molar-refractivity contribution in [1.82, 2.24) is 5.32 Å². The van der Waals surface area contributed by atoms with E-state index in [1.165, 1.54) is 7.11 Å². The first kappa shape index (κ1) is 16.8. The summed E-state index contributed by atoms with van der Waals surface area (Å²) in [5.74, 6) is 0.458. The minimum atomic E-state index is -0.433. The molecule has 0 fully saturated rings. The van der Waals surface area contributed by atoms with Gasteiger partial charge in [0.05, 0.1) is 12.7 Å². The normalized spacial score (nSPS) is 17.0. The molecule has 0 aliphatic carbocycles. The first-order valence-corrected chi connectivity index (χ1v) is 8.00. The Bertz CT molecular complexity index is 827. The maximum Gasteiger partial charge on any atom is 0.336 e. The molecule has 1 heterocycles. The van der Waals surface area contributed by atoms with Crippen molar-refractivity contribution in [2.24, 2.45) is 0 Å². The summed E-state index contributed by atoms with van der Waals surface area (Å²) >= 11 is 0. The quantitative estimate of drug-likeness (QED) is 0.867. The van der Waals surface area contributed by atoms with Crippen LogP contribution in [0.1, 0.15) is 24.8 Å². The molecule has 0 spiro atoms. The van der Waals surface area contributed by atoms with Gasteiger partial charge in [-0.2, -0.15) is 0 Å². The number of nitrogens with one attached hydrogen (secondary N) is 1. The van der Waals surface area contributed by atoms with Gasteiger partial charge in [-0.05, 0) is 36.8 Å². The summed E-state index contributed by atoms with van der Waals surface area (Å²) in [6, 6.07) is 16.9. The molecular weight excluding hydrogens is 318 g/mol. The minimum absolute atomic E-state index is 0.121. The van der Waals surface area contributed by atoms with Crippen molar-refractivity contribution < 1.29 is 19.1 Å². The number of benzene rings is 2. The van der Waals surface area contributed by atoms with Crippen LogP contribution in [0.2, 0.25) is 0 Å². The van der Waals surface area contributed by atoms with Gasteiger partial charge in [-0.15, -0.1) is 0 Å². The SMILES string of the molecule is COC(=O)C1=C(C)NC(=O)CC1c1cccc(Oc2ccccc2)c1. The number of allylic oxidation sites excluding steroid dienone is 1. The number of hydrogen-bond acceptors (Lipinski definition) is 4. The van der Waals surface area contributed by atoms with E-state index in [2.05, 4.69) is 5.32 Å². The molecular formula is C20H19NO4. The minimum Gasteiger partial charge on any atom is -0.466 e. The van der Waals surface area contributed by atoms with Crippen molar-refractivity contribution in [3.05, 3.63) is 71.4 Å². The van der Waals surface area contributed by atoms with Gasteiger partial charge in [0.2, 0.25) is 5.91 Å². The Balaban J connectivity index is 1.94. The van der Waals surface area contributed by atoms with Gasteiger partial charge in [-0.1, -0.05) is 30.3 Å². The van der Waals surface area contributed by atoms with Crippen LogP contribution in [0.5, 0.6) is 11.5 Å². The van der Waals surface area contributed by atoms with E-state index in [0.717, 1.165) is 11.3 Å². The number of esters is 1. The first-order valence-electron chi connectivity index (χ1n) is 8.00. The zero-order valence-corrected chi connectivity index (χ0v) is 14.1. The van der Waals surface area contributed by atoms with Gasteiger partial charge >= 0.3 is 5.97 Å². The lowest BCUT2D eigenvalue weighted by molar-refractivity contribution is -0.136. The summed E-state index contributed by atoms with van der Waals surface area (Å²) in [4.78, 5) is 24.1. The molecule has 0 saturated heterocycles. The molecule has 2 aromatic carbocycles. The topological polar surface area (TPSA) is 64.6 Å². The standard InChI is InChI=1S/C20H19NO4/c1-13-19(20(23)24-2)17(12-18(22)21-13)14-7-6-10-16(11-14)25-15-8-4-3-5-9-15/h3-11,17H,12H2,1-2H3,(H,21,22). The average Bonchev–Trinajstić information content (AvgIpc) is 2.61. The number of hydrogen-bond donors (Lipinski definition) is 1. The predicted octanol–water partition coefficient (Wildman–Crippen LogP) is 3.53. The smallest absolute Gasteiger partial charge is 0.336 e. The molecule has 1 amide bonds. The fraction of sp³-hybridized carbons (Fsp3) is 0.200. The van der Waals surface area contributed by atoms with Crippen LogP contribution in [0.4, 0.5) is 0 Å². The van der Waals surface area contributed by atoms with Crippen LogP contribution in [0, 0.1) is 0 Å². The highest BCUT2D eigenvalue weighted by molar-refractivity contribution is 5.95. The third kappa shape index (κ3) is 3.71. The van der Waals surface area contributed by atoms with Crippen LogP contribution in [0.3, 0.4) is 0 Å². The Morgan fingerprint density at radius 2 is 1.80 bits per heavy atom. The van der Waals surface area contributed by atoms with Crippen molar-refractivity contribution in [2.45, 2.75) is 19.3 Å². The van der Waals surface area contributed by atoms with Gasteiger partial charge in [-0.25, -0.2) is 4.79 Å². The first-order chi connectivity index (χ1) is 12.1. The summed E-state index contributed by atoms with van der Waals surface area (Å²) in [5, 5.41) is 2.71. The van der Waals surface area contributed by atoms with Crippen LogP contribution in [-0.2, 0) is 14.3 Å². The van der Waals surface area contributed by atoms with E-state index in [4.69, 9.17) is 9.47 Å². The van der Waals surface area contributed by atoms with Gasteiger partial charge in [0.15, 0.2) is 0 Å². The molecule has 1 aliphatic rings. The van der Waals surface area contributed by atoms with Crippen LogP contribution >= 0.6 is 0 Å². The van der Waals surface area contributed by atoms with E-state index >= 15 is 0 Å². The second-order valence-electron chi connectivity index (χ2n) is 5.82. The lowest BCUT2D eigenvalue weighted by atomic mass is 9.84. The molecule has 1 aliphatic heterocycles. The summed E-state index contributed by atoms with van der Waals surface area (Å²) in [6.07, 6.45) is 0.191. The number of amides is 1. The van der Waals surface area contributed by atoms with Crippen molar-refractivity contribution in [3.8, 4) is 11.5 Å². The van der Waals surface area contributed by atoms with Gasteiger partial charge in [-0.3, -0.25) is 4.79 Å². The monoisotopic (exact) mass is 337 g/mol. The van der Waals surface area contributed by atoms with Gasteiger partial charge in [0, 0.05) is 18.0 Å². The molecule has 128 valence electrons. The predicted molar refractivity (Wildman–Crippen MR) is 93.2 cm³/mol. The third-order valence-electron chi connectivity index (χ3n) is 4.11. The van der Waals surface area contributed by atoms with E-state index in [0.29, 0.717) is 17.0 Å². The maximum atomic E-state index is 12.2. The summed E-state index contributed by atoms with van der Waals surface area (Å²) in [7, 11) is 1.34. The second-order valence-corrected chi connectivity index (χ2v) is 5.82. The Labute approximate surface area is 146 Å². The molecule has 1 atom stereocenters. The number of ether oxygens (including phenoxy) is 2. The molecule has 0 saturated carbocycles. The van der Waals surface area contributed by atoms with Gasteiger partial charge < -0.3 is 14.8 Å². The fourth-order valence-corrected chi connectivity index (χ4v) is 2.99. The molecule has 1 unspecified atom stereocenters. The molecule has 1 N–H and O–H groups in total. The van der Waals surface area contributed by atoms with Crippen LogP contribution in [0.25, 0.3) is 0 Å². The highest BCUT2D eigenvalue weighted by Crippen LogP contribution is 2.35. The van der Waals surface area contributed by atoms with E-state index in [9.17, 15) is 9.59 Å². The van der Waals surface area contributed by atoms with Crippen molar-refractivity contribution >= 4 is 11.9 Å². The number of para-hydroxylation sites is 1. The zero-order chi connectivity index (χ0) is 17.8. The fourth-order valence-electron chi connectivity index (χ4n) is 2.99. The van der Waals surface area contributed by atoms with Gasteiger partial charge in [0.1, 0.15) is 11.5 Å². The number of carbonyl (C=O) groups is 2.